The van der Waals surface area contributed by atoms with Gasteiger partial charge in [0, 0.05) is 18.2 Å². The summed E-state index contributed by atoms with van der Waals surface area (Å²) in [4.78, 5) is 0. The van der Waals surface area contributed by atoms with Crippen LogP contribution in [-0.4, -0.2) is 12.8 Å². The van der Waals surface area contributed by atoms with Gasteiger partial charge in [-0.05, 0) is 36.7 Å². The van der Waals surface area contributed by atoms with Crippen molar-refractivity contribution in [3.05, 3.63) is 23.8 Å². The van der Waals surface area contributed by atoms with E-state index in [0.717, 1.165) is 24.0 Å². The zero-order valence-corrected chi connectivity index (χ0v) is 12.7. The Hall–Kier alpha value is -1.22. The van der Waals surface area contributed by atoms with Crippen molar-refractivity contribution in [1.29, 1.82) is 0 Å². The predicted molar refractivity (Wildman–Crippen MR) is 80.0 cm³/mol. The first kappa shape index (κ1) is 13.7. The van der Waals surface area contributed by atoms with E-state index in [2.05, 4.69) is 32.2 Å². The number of para-hydroxylation sites is 1. The molecule has 3 heteroatoms. The molecule has 0 saturated heterocycles. The normalized spacial score (nSPS) is 27.6. The standard InChI is InChI=1S/C17H25NO2/c1-12-9-17(2,3)8-7-14(12)18-10-13-5-4-6-15-16(13)20-11-19-15/h4-6,12,14,18H,7-11H2,1-3H3. The highest BCUT2D eigenvalue weighted by Crippen LogP contribution is 2.39. The highest BCUT2D eigenvalue weighted by Gasteiger charge is 2.32. The van der Waals surface area contributed by atoms with Crippen LogP contribution in [0.25, 0.3) is 0 Å². The van der Waals surface area contributed by atoms with Gasteiger partial charge in [0.05, 0.1) is 0 Å². The number of nitrogens with one attached hydrogen (secondary N) is 1. The molecule has 0 bridgehead atoms. The van der Waals surface area contributed by atoms with Gasteiger partial charge >= 0.3 is 0 Å². The summed E-state index contributed by atoms with van der Waals surface area (Å²) >= 11 is 0. The van der Waals surface area contributed by atoms with Crippen LogP contribution in [0.3, 0.4) is 0 Å². The Labute approximate surface area is 121 Å². The van der Waals surface area contributed by atoms with Crippen molar-refractivity contribution in [3.63, 3.8) is 0 Å². The molecule has 3 rings (SSSR count). The second-order valence-corrected chi connectivity index (χ2v) is 7.02. The average molecular weight is 275 g/mol. The van der Waals surface area contributed by atoms with Crippen molar-refractivity contribution >= 4 is 0 Å². The van der Waals surface area contributed by atoms with Gasteiger partial charge in [0.15, 0.2) is 11.5 Å². The quantitative estimate of drug-likeness (QED) is 0.912. The molecule has 1 aliphatic carbocycles. The molecule has 2 unspecified atom stereocenters. The van der Waals surface area contributed by atoms with E-state index in [0.29, 0.717) is 18.2 Å². The lowest BCUT2D eigenvalue weighted by atomic mass is 9.70. The van der Waals surface area contributed by atoms with Crippen LogP contribution < -0.4 is 14.8 Å². The molecule has 0 spiro atoms. The van der Waals surface area contributed by atoms with Gasteiger partial charge in [-0.3, -0.25) is 0 Å². The number of rotatable bonds is 3. The maximum atomic E-state index is 5.57. The first-order valence-corrected chi connectivity index (χ1v) is 7.66. The summed E-state index contributed by atoms with van der Waals surface area (Å²) in [5.74, 6) is 2.53. The summed E-state index contributed by atoms with van der Waals surface area (Å²) in [6, 6.07) is 6.74. The van der Waals surface area contributed by atoms with Crippen LogP contribution in [-0.2, 0) is 6.54 Å². The lowest BCUT2D eigenvalue weighted by Crippen LogP contribution is -2.41. The first-order valence-electron chi connectivity index (χ1n) is 7.66. The molecule has 1 saturated carbocycles. The summed E-state index contributed by atoms with van der Waals surface area (Å²) in [5.41, 5.74) is 1.71. The molecule has 0 aromatic heterocycles. The molecule has 0 amide bonds. The number of ether oxygens (including phenoxy) is 2. The van der Waals surface area contributed by atoms with Crippen molar-refractivity contribution < 1.29 is 9.47 Å². The fourth-order valence-electron chi connectivity index (χ4n) is 3.62. The predicted octanol–water partition coefficient (Wildman–Crippen LogP) is 3.72. The minimum Gasteiger partial charge on any atom is -0.454 e. The van der Waals surface area contributed by atoms with Crippen LogP contribution in [0.5, 0.6) is 11.5 Å². The molecule has 2 aliphatic rings. The molecule has 1 aliphatic heterocycles. The van der Waals surface area contributed by atoms with Gasteiger partial charge < -0.3 is 14.8 Å². The van der Waals surface area contributed by atoms with E-state index >= 15 is 0 Å². The summed E-state index contributed by atoms with van der Waals surface area (Å²) in [6.07, 6.45) is 3.87. The smallest absolute Gasteiger partial charge is 0.231 e. The number of benzene rings is 1. The Kier molecular flexibility index (Phi) is 3.63. The molecular formula is C17H25NO2. The third-order valence-electron chi connectivity index (χ3n) is 4.73. The summed E-state index contributed by atoms with van der Waals surface area (Å²) in [5, 5.41) is 3.72. The Bertz CT molecular complexity index is 484. The molecule has 2 atom stereocenters. The minimum atomic E-state index is 0.348. The molecule has 3 nitrogen and oxygen atoms in total. The largest absolute Gasteiger partial charge is 0.454 e. The number of hydrogen-bond donors (Lipinski definition) is 1. The van der Waals surface area contributed by atoms with Gasteiger partial charge in [0.25, 0.3) is 0 Å². The van der Waals surface area contributed by atoms with Gasteiger partial charge in [-0.25, -0.2) is 0 Å². The lowest BCUT2D eigenvalue weighted by molar-refractivity contribution is 0.147. The molecule has 1 aromatic carbocycles. The monoisotopic (exact) mass is 275 g/mol. The lowest BCUT2D eigenvalue weighted by Gasteiger charge is -2.39. The van der Waals surface area contributed by atoms with Crippen molar-refractivity contribution in [2.75, 3.05) is 6.79 Å². The molecular weight excluding hydrogens is 250 g/mol. The summed E-state index contributed by atoms with van der Waals surface area (Å²) < 4.78 is 11.0. The van der Waals surface area contributed by atoms with Gasteiger partial charge in [-0.15, -0.1) is 0 Å². The Morgan fingerprint density at radius 3 is 2.95 bits per heavy atom. The van der Waals surface area contributed by atoms with E-state index in [9.17, 15) is 0 Å². The summed E-state index contributed by atoms with van der Waals surface area (Å²) in [7, 11) is 0. The van der Waals surface area contributed by atoms with E-state index in [1.165, 1.54) is 24.8 Å². The number of hydrogen-bond acceptors (Lipinski definition) is 3. The highest BCUT2D eigenvalue weighted by molar-refractivity contribution is 5.48. The molecule has 20 heavy (non-hydrogen) atoms. The van der Waals surface area contributed by atoms with Gasteiger partial charge in [0.1, 0.15) is 0 Å². The van der Waals surface area contributed by atoms with E-state index in [4.69, 9.17) is 9.47 Å². The van der Waals surface area contributed by atoms with Gasteiger partial charge in [-0.1, -0.05) is 32.9 Å². The molecule has 1 aromatic rings. The van der Waals surface area contributed by atoms with Crippen molar-refractivity contribution in [2.24, 2.45) is 11.3 Å². The van der Waals surface area contributed by atoms with Gasteiger partial charge in [-0.2, -0.15) is 0 Å². The van der Waals surface area contributed by atoms with Crippen molar-refractivity contribution in [2.45, 2.75) is 52.6 Å². The van der Waals surface area contributed by atoms with Crippen LogP contribution in [0.15, 0.2) is 18.2 Å². The van der Waals surface area contributed by atoms with Gasteiger partial charge in [0.2, 0.25) is 6.79 Å². The van der Waals surface area contributed by atoms with Crippen LogP contribution in [0, 0.1) is 11.3 Å². The Morgan fingerprint density at radius 2 is 2.15 bits per heavy atom. The second-order valence-electron chi connectivity index (χ2n) is 7.02. The minimum absolute atomic E-state index is 0.348. The maximum Gasteiger partial charge on any atom is 0.231 e. The molecule has 1 N–H and O–H groups in total. The fraction of sp³-hybridized carbons (Fsp3) is 0.647. The average Bonchev–Trinajstić information content (AvgIpc) is 2.85. The van der Waals surface area contributed by atoms with E-state index in [1.54, 1.807) is 0 Å². The Balaban J connectivity index is 1.62. The topological polar surface area (TPSA) is 30.5 Å². The zero-order valence-electron chi connectivity index (χ0n) is 12.7. The third kappa shape index (κ3) is 2.78. The van der Waals surface area contributed by atoms with E-state index in [-0.39, 0.29) is 0 Å². The Morgan fingerprint density at radius 1 is 1.30 bits per heavy atom. The zero-order chi connectivity index (χ0) is 14.2. The van der Waals surface area contributed by atoms with Crippen molar-refractivity contribution in [1.82, 2.24) is 5.32 Å². The fourth-order valence-corrected chi connectivity index (χ4v) is 3.62. The molecule has 1 heterocycles. The van der Waals surface area contributed by atoms with Crippen molar-refractivity contribution in [3.8, 4) is 11.5 Å². The third-order valence-corrected chi connectivity index (χ3v) is 4.73. The summed E-state index contributed by atoms with van der Waals surface area (Å²) in [6.45, 7) is 8.35. The van der Waals surface area contributed by atoms with Crippen LogP contribution in [0.2, 0.25) is 0 Å². The van der Waals surface area contributed by atoms with Crippen LogP contribution in [0.4, 0.5) is 0 Å². The second kappa shape index (κ2) is 5.28. The number of fused-ring (bicyclic) bond motifs is 1. The molecule has 110 valence electrons. The highest BCUT2D eigenvalue weighted by atomic mass is 16.7. The maximum absolute atomic E-state index is 5.57. The van der Waals surface area contributed by atoms with E-state index < -0.39 is 0 Å². The first-order chi connectivity index (χ1) is 9.55. The molecule has 1 fully saturated rings. The van der Waals surface area contributed by atoms with Crippen LogP contribution >= 0.6 is 0 Å². The SMILES string of the molecule is CC1CC(C)(C)CCC1NCc1cccc2c1OCO2. The van der Waals surface area contributed by atoms with Crippen LogP contribution in [0.1, 0.15) is 45.6 Å². The molecule has 0 radical (unpaired) electrons. The van der Waals surface area contributed by atoms with E-state index in [1.807, 2.05) is 12.1 Å².